The molecule has 0 aliphatic carbocycles. The SMILES string of the molecule is C=C/C=c1/cc(C)c(C)cc1=C(C)C. The maximum Gasteiger partial charge on any atom is -0.0182 e. The van der Waals surface area contributed by atoms with Crippen molar-refractivity contribution in [1.82, 2.24) is 0 Å². The Morgan fingerprint density at radius 1 is 1.14 bits per heavy atom. The van der Waals surface area contributed by atoms with Gasteiger partial charge in [0.2, 0.25) is 0 Å². The second-order valence-electron chi connectivity index (χ2n) is 3.93. The van der Waals surface area contributed by atoms with Gasteiger partial charge in [-0.3, -0.25) is 0 Å². The Morgan fingerprint density at radius 3 is 2.21 bits per heavy atom. The van der Waals surface area contributed by atoms with E-state index >= 15 is 0 Å². The molecule has 0 aliphatic rings. The summed E-state index contributed by atoms with van der Waals surface area (Å²) in [6.07, 6.45) is 3.91. The molecule has 0 aromatic heterocycles. The van der Waals surface area contributed by atoms with Crippen LogP contribution in [0.5, 0.6) is 0 Å². The molecule has 0 nitrogen and oxygen atoms in total. The molecule has 0 fully saturated rings. The summed E-state index contributed by atoms with van der Waals surface area (Å²) in [5.74, 6) is 0. The van der Waals surface area contributed by atoms with Crippen molar-refractivity contribution in [2.45, 2.75) is 27.7 Å². The molecule has 0 spiro atoms. The molecule has 74 valence electrons. The fourth-order valence-corrected chi connectivity index (χ4v) is 1.54. The van der Waals surface area contributed by atoms with Crippen molar-refractivity contribution in [2.75, 3.05) is 0 Å². The number of aryl methyl sites for hydroxylation is 2. The van der Waals surface area contributed by atoms with Gasteiger partial charge in [-0.15, -0.1) is 0 Å². The first kappa shape index (κ1) is 10.8. The minimum absolute atomic E-state index is 1.27. The zero-order valence-corrected chi connectivity index (χ0v) is 9.52. The van der Waals surface area contributed by atoms with Crippen LogP contribution in [-0.2, 0) is 0 Å². The van der Waals surface area contributed by atoms with Gasteiger partial charge in [0.25, 0.3) is 0 Å². The number of hydrogen-bond acceptors (Lipinski definition) is 0. The van der Waals surface area contributed by atoms with Crippen LogP contribution in [0.3, 0.4) is 0 Å². The minimum atomic E-state index is 1.27. The number of allylic oxidation sites excluding steroid dienone is 1. The van der Waals surface area contributed by atoms with Crippen LogP contribution in [0.4, 0.5) is 0 Å². The zero-order chi connectivity index (χ0) is 10.7. The Bertz CT molecular complexity index is 458. The van der Waals surface area contributed by atoms with Crippen LogP contribution in [0, 0.1) is 13.8 Å². The van der Waals surface area contributed by atoms with Crippen LogP contribution in [0.25, 0.3) is 11.6 Å². The summed E-state index contributed by atoms with van der Waals surface area (Å²) in [4.78, 5) is 0. The summed E-state index contributed by atoms with van der Waals surface area (Å²) in [6, 6.07) is 4.47. The molecule has 0 amide bonds. The molecule has 1 aromatic carbocycles. The molecule has 14 heavy (non-hydrogen) atoms. The van der Waals surface area contributed by atoms with Gasteiger partial charge in [-0.2, -0.15) is 0 Å². The second-order valence-corrected chi connectivity index (χ2v) is 3.93. The van der Waals surface area contributed by atoms with E-state index in [-0.39, 0.29) is 0 Å². The van der Waals surface area contributed by atoms with Gasteiger partial charge < -0.3 is 0 Å². The predicted molar refractivity (Wildman–Crippen MR) is 64.6 cm³/mol. The second kappa shape index (κ2) is 4.28. The van der Waals surface area contributed by atoms with Gasteiger partial charge in [0.05, 0.1) is 0 Å². The highest BCUT2D eigenvalue weighted by atomic mass is 14.0. The third kappa shape index (κ3) is 2.14. The van der Waals surface area contributed by atoms with E-state index in [1.807, 2.05) is 6.08 Å². The molecular weight excluding hydrogens is 168 g/mol. The topological polar surface area (TPSA) is 0 Å². The lowest BCUT2D eigenvalue weighted by Gasteiger charge is -2.01. The summed E-state index contributed by atoms with van der Waals surface area (Å²) in [7, 11) is 0. The first-order chi connectivity index (χ1) is 6.56. The van der Waals surface area contributed by atoms with E-state index in [0.29, 0.717) is 0 Å². The summed E-state index contributed by atoms with van der Waals surface area (Å²) >= 11 is 0. The Balaban J connectivity index is 3.75. The zero-order valence-electron chi connectivity index (χ0n) is 9.52. The maximum atomic E-state index is 3.74. The number of rotatable bonds is 1. The molecule has 0 N–H and O–H groups in total. The van der Waals surface area contributed by atoms with E-state index in [1.54, 1.807) is 0 Å². The van der Waals surface area contributed by atoms with Gasteiger partial charge >= 0.3 is 0 Å². The Morgan fingerprint density at radius 2 is 1.71 bits per heavy atom. The van der Waals surface area contributed by atoms with E-state index in [2.05, 4.69) is 52.5 Å². The van der Waals surface area contributed by atoms with Gasteiger partial charge in [-0.05, 0) is 49.3 Å². The van der Waals surface area contributed by atoms with Crippen LogP contribution in [0.15, 0.2) is 24.8 Å². The first-order valence-electron chi connectivity index (χ1n) is 4.93. The van der Waals surface area contributed by atoms with Crippen molar-refractivity contribution in [3.8, 4) is 0 Å². The average molecular weight is 186 g/mol. The summed E-state index contributed by atoms with van der Waals surface area (Å²) in [6.45, 7) is 12.3. The van der Waals surface area contributed by atoms with E-state index in [4.69, 9.17) is 0 Å². The van der Waals surface area contributed by atoms with Crippen LogP contribution >= 0.6 is 0 Å². The van der Waals surface area contributed by atoms with Gasteiger partial charge in [0.15, 0.2) is 0 Å². The molecule has 0 aliphatic heterocycles. The van der Waals surface area contributed by atoms with Crippen LogP contribution < -0.4 is 10.4 Å². The molecule has 0 bridgehead atoms. The van der Waals surface area contributed by atoms with Crippen LogP contribution in [0.2, 0.25) is 0 Å². The molecule has 0 saturated heterocycles. The molecular formula is C14H18. The average Bonchev–Trinajstić information content (AvgIpc) is 2.11. The van der Waals surface area contributed by atoms with E-state index in [9.17, 15) is 0 Å². The molecule has 1 aromatic rings. The molecule has 0 atom stereocenters. The highest BCUT2D eigenvalue weighted by Gasteiger charge is 1.94. The Labute approximate surface area is 86.3 Å². The number of benzene rings is 1. The van der Waals surface area contributed by atoms with Crippen molar-refractivity contribution in [1.29, 1.82) is 0 Å². The van der Waals surface area contributed by atoms with Gasteiger partial charge in [0, 0.05) is 0 Å². The summed E-state index contributed by atoms with van der Waals surface area (Å²) < 4.78 is 0. The largest absolute Gasteiger partial charge is 0.0990 e. The van der Waals surface area contributed by atoms with Crippen molar-refractivity contribution in [3.05, 3.63) is 46.4 Å². The molecule has 0 heterocycles. The van der Waals surface area contributed by atoms with Gasteiger partial charge in [-0.1, -0.05) is 36.4 Å². The first-order valence-corrected chi connectivity index (χ1v) is 4.93. The Hall–Kier alpha value is -1.30. The molecule has 0 unspecified atom stereocenters. The quantitative estimate of drug-likeness (QED) is 0.632. The molecule has 0 saturated carbocycles. The van der Waals surface area contributed by atoms with Crippen LogP contribution in [-0.4, -0.2) is 0 Å². The number of hydrogen-bond donors (Lipinski definition) is 0. The highest BCUT2D eigenvalue weighted by Crippen LogP contribution is 1.99. The van der Waals surface area contributed by atoms with Gasteiger partial charge in [0.1, 0.15) is 0 Å². The fourth-order valence-electron chi connectivity index (χ4n) is 1.54. The molecule has 0 radical (unpaired) electrons. The van der Waals surface area contributed by atoms with Gasteiger partial charge in [-0.25, -0.2) is 0 Å². The molecule has 0 heteroatoms. The standard InChI is InChI=1S/C14H18/c1-6-7-13-8-11(4)12(5)9-14(13)10(2)3/h6-9H,1H2,2-5H3/b13-7-. The summed E-state index contributed by atoms with van der Waals surface area (Å²) in [5, 5.41) is 2.59. The van der Waals surface area contributed by atoms with Crippen molar-refractivity contribution in [3.63, 3.8) is 0 Å². The smallest absolute Gasteiger partial charge is 0.0182 e. The lowest BCUT2D eigenvalue weighted by molar-refractivity contribution is 1.28. The fraction of sp³-hybridized carbons (Fsp3) is 0.286. The Kier molecular flexibility index (Phi) is 3.29. The van der Waals surface area contributed by atoms with E-state index in [1.165, 1.54) is 27.1 Å². The lowest BCUT2D eigenvalue weighted by Crippen LogP contribution is -2.26. The van der Waals surface area contributed by atoms with Crippen LogP contribution in [0.1, 0.15) is 25.0 Å². The minimum Gasteiger partial charge on any atom is -0.0990 e. The summed E-state index contributed by atoms with van der Waals surface area (Å²) in [5.41, 5.74) is 4.03. The lowest BCUT2D eigenvalue weighted by atomic mass is 10.0. The van der Waals surface area contributed by atoms with E-state index < -0.39 is 0 Å². The van der Waals surface area contributed by atoms with Crippen molar-refractivity contribution < 1.29 is 0 Å². The molecule has 1 rings (SSSR count). The third-order valence-corrected chi connectivity index (χ3v) is 2.50. The van der Waals surface area contributed by atoms with Crippen molar-refractivity contribution >= 4 is 11.6 Å². The third-order valence-electron chi connectivity index (χ3n) is 2.50. The van der Waals surface area contributed by atoms with E-state index in [0.717, 1.165) is 0 Å². The van der Waals surface area contributed by atoms with Crippen molar-refractivity contribution in [2.24, 2.45) is 0 Å². The highest BCUT2D eigenvalue weighted by molar-refractivity contribution is 5.46. The maximum absolute atomic E-state index is 3.74. The monoisotopic (exact) mass is 186 g/mol. The normalized spacial score (nSPS) is 11.6. The predicted octanol–water partition coefficient (Wildman–Crippen LogP) is 2.46.